The minimum Gasteiger partial charge on any atom is -0.389 e. The van der Waals surface area contributed by atoms with Gasteiger partial charge in [0.25, 0.3) is 0 Å². The van der Waals surface area contributed by atoms with Crippen LogP contribution in [0.15, 0.2) is 91.0 Å². The van der Waals surface area contributed by atoms with Gasteiger partial charge in [-0.25, -0.2) is 0 Å². The number of benzene rings is 3. The zero-order valence-electron chi connectivity index (χ0n) is 16.5. The topological polar surface area (TPSA) is 32.3 Å². The molecule has 0 unspecified atom stereocenters. The van der Waals surface area contributed by atoms with Gasteiger partial charge in [0.1, 0.15) is 0 Å². The fourth-order valence-electron chi connectivity index (χ4n) is 4.86. The normalized spacial score (nSPS) is 27.4. The molecule has 1 saturated heterocycles. The molecule has 1 heterocycles. The summed E-state index contributed by atoms with van der Waals surface area (Å²) in [6, 6.07) is 31.8. The Balaban J connectivity index is 1.73. The molecule has 0 bridgehead atoms. The molecular formula is C26H29NO. The summed E-state index contributed by atoms with van der Waals surface area (Å²) in [7, 11) is 0. The van der Waals surface area contributed by atoms with Crippen LogP contribution >= 0.6 is 0 Å². The molecule has 1 fully saturated rings. The highest BCUT2D eigenvalue weighted by Gasteiger charge is 2.47. The average molecular weight is 372 g/mol. The fraction of sp³-hybridized carbons (Fsp3) is 0.308. The second kappa shape index (κ2) is 8.30. The van der Waals surface area contributed by atoms with Crippen molar-refractivity contribution in [3.63, 3.8) is 0 Å². The molecule has 4 rings (SSSR count). The van der Waals surface area contributed by atoms with Crippen LogP contribution in [0.4, 0.5) is 0 Å². The third kappa shape index (κ3) is 3.89. The maximum Gasteiger partial charge on any atom is 0.0752 e. The summed E-state index contributed by atoms with van der Waals surface area (Å²) < 4.78 is 0. The molecule has 2 heteroatoms. The molecule has 0 amide bonds. The van der Waals surface area contributed by atoms with Gasteiger partial charge in [-0.15, -0.1) is 0 Å². The molecule has 0 saturated carbocycles. The van der Waals surface area contributed by atoms with Crippen LogP contribution in [0, 0.1) is 5.92 Å². The molecule has 2 nitrogen and oxygen atoms in total. The van der Waals surface area contributed by atoms with E-state index >= 15 is 0 Å². The van der Waals surface area contributed by atoms with Crippen molar-refractivity contribution >= 4 is 0 Å². The van der Waals surface area contributed by atoms with E-state index in [2.05, 4.69) is 91.1 Å². The van der Waals surface area contributed by atoms with Crippen LogP contribution < -0.4 is 5.32 Å². The van der Waals surface area contributed by atoms with Crippen LogP contribution in [0.5, 0.6) is 0 Å². The summed E-state index contributed by atoms with van der Waals surface area (Å²) in [6.07, 6.45) is 2.33. The van der Waals surface area contributed by atoms with Crippen molar-refractivity contribution < 1.29 is 5.11 Å². The zero-order chi connectivity index (χ0) is 19.4. The van der Waals surface area contributed by atoms with E-state index in [0.717, 1.165) is 6.42 Å². The molecule has 1 aliphatic heterocycles. The van der Waals surface area contributed by atoms with Crippen molar-refractivity contribution in [3.05, 3.63) is 108 Å². The molecule has 2 N–H and O–H groups in total. The van der Waals surface area contributed by atoms with Crippen molar-refractivity contribution in [2.45, 2.75) is 43.9 Å². The summed E-state index contributed by atoms with van der Waals surface area (Å²) in [5, 5.41) is 15.9. The van der Waals surface area contributed by atoms with Crippen molar-refractivity contribution in [1.29, 1.82) is 0 Å². The second-order valence-electron chi connectivity index (χ2n) is 8.00. The fourth-order valence-corrected chi connectivity index (χ4v) is 4.86. The molecule has 0 aliphatic carbocycles. The van der Waals surface area contributed by atoms with Gasteiger partial charge in [-0.1, -0.05) is 97.9 Å². The van der Waals surface area contributed by atoms with Crippen molar-refractivity contribution in [2.75, 3.05) is 0 Å². The van der Waals surface area contributed by atoms with E-state index in [4.69, 9.17) is 0 Å². The van der Waals surface area contributed by atoms with Crippen molar-refractivity contribution in [2.24, 2.45) is 5.92 Å². The monoisotopic (exact) mass is 371 g/mol. The zero-order valence-corrected chi connectivity index (χ0v) is 16.5. The lowest BCUT2D eigenvalue weighted by molar-refractivity contribution is -0.0761. The standard InChI is InChI=1S/C26H29NO/c1-2-23-25(22-16-10-5-11-17-22)27-24(21-14-8-4-9-15-21)19-26(23,28)18-20-12-6-3-7-13-20/h3-17,23-25,27-28H,2,18-19H2,1H3/t23-,24+,25-,26+/m1/s1. The Morgan fingerprint density at radius 2 is 1.36 bits per heavy atom. The predicted octanol–water partition coefficient (Wildman–Crippen LogP) is 5.46. The third-order valence-corrected chi connectivity index (χ3v) is 6.18. The molecule has 0 spiro atoms. The van der Waals surface area contributed by atoms with Gasteiger partial charge >= 0.3 is 0 Å². The molecule has 144 valence electrons. The van der Waals surface area contributed by atoms with Gasteiger partial charge in [0.05, 0.1) is 5.60 Å². The Morgan fingerprint density at radius 1 is 0.821 bits per heavy atom. The maximum atomic E-state index is 12.0. The molecule has 3 aromatic carbocycles. The van der Waals surface area contributed by atoms with E-state index in [0.29, 0.717) is 12.8 Å². The van der Waals surface area contributed by atoms with Crippen LogP contribution in [-0.4, -0.2) is 10.7 Å². The molecule has 0 aromatic heterocycles. The quantitative estimate of drug-likeness (QED) is 0.624. The number of hydrogen-bond acceptors (Lipinski definition) is 2. The Kier molecular flexibility index (Phi) is 5.61. The third-order valence-electron chi connectivity index (χ3n) is 6.18. The Morgan fingerprint density at radius 3 is 1.93 bits per heavy atom. The summed E-state index contributed by atoms with van der Waals surface area (Å²) in [4.78, 5) is 0. The first-order valence-corrected chi connectivity index (χ1v) is 10.3. The van der Waals surface area contributed by atoms with Gasteiger partial charge < -0.3 is 10.4 Å². The molecule has 3 aromatic rings. The maximum absolute atomic E-state index is 12.0. The lowest BCUT2D eigenvalue weighted by Crippen LogP contribution is -2.54. The van der Waals surface area contributed by atoms with E-state index in [1.165, 1.54) is 16.7 Å². The lowest BCUT2D eigenvalue weighted by Gasteiger charge is -2.49. The van der Waals surface area contributed by atoms with Crippen molar-refractivity contribution in [3.8, 4) is 0 Å². The lowest BCUT2D eigenvalue weighted by atomic mass is 9.67. The van der Waals surface area contributed by atoms with Gasteiger partial charge in [-0.2, -0.15) is 0 Å². The van der Waals surface area contributed by atoms with Gasteiger partial charge in [0.2, 0.25) is 0 Å². The largest absolute Gasteiger partial charge is 0.389 e. The van der Waals surface area contributed by atoms with Crippen LogP contribution in [0.25, 0.3) is 0 Å². The molecular weight excluding hydrogens is 342 g/mol. The van der Waals surface area contributed by atoms with Gasteiger partial charge in [-0.3, -0.25) is 0 Å². The first-order chi connectivity index (χ1) is 13.7. The Hall–Kier alpha value is -2.42. The molecule has 4 atom stereocenters. The smallest absolute Gasteiger partial charge is 0.0752 e. The van der Waals surface area contributed by atoms with Gasteiger partial charge in [0.15, 0.2) is 0 Å². The molecule has 1 aliphatic rings. The highest BCUT2D eigenvalue weighted by molar-refractivity contribution is 5.28. The first-order valence-electron chi connectivity index (χ1n) is 10.3. The number of aliphatic hydroxyl groups is 1. The van der Waals surface area contributed by atoms with Crippen molar-refractivity contribution in [1.82, 2.24) is 5.32 Å². The first kappa shape index (κ1) is 18.9. The number of hydrogen-bond donors (Lipinski definition) is 2. The SMILES string of the molecule is CC[C@@H]1[C@@H](c2ccccc2)N[C@H](c2ccccc2)C[C@@]1(O)Cc1ccccc1. The molecule has 0 radical (unpaired) electrons. The summed E-state index contributed by atoms with van der Waals surface area (Å²) >= 11 is 0. The highest BCUT2D eigenvalue weighted by Crippen LogP contribution is 2.46. The summed E-state index contributed by atoms with van der Waals surface area (Å²) in [5.74, 6) is 0.148. The summed E-state index contributed by atoms with van der Waals surface area (Å²) in [6.45, 7) is 2.20. The molecule has 28 heavy (non-hydrogen) atoms. The number of rotatable bonds is 5. The van der Waals surface area contributed by atoms with Gasteiger partial charge in [0, 0.05) is 24.4 Å². The van der Waals surface area contributed by atoms with E-state index in [9.17, 15) is 5.11 Å². The predicted molar refractivity (Wildman–Crippen MR) is 115 cm³/mol. The van der Waals surface area contributed by atoms with Gasteiger partial charge in [-0.05, 0) is 29.5 Å². The van der Waals surface area contributed by atoms with Crippen LogP contribution in [0.1, 0.15) is 48.5 Å². The van der Waals surface area contributed by atoms with Crippen LogP contribution in [0.2, 0.25) is 0 Å². The number of piperidine rings is 1. The van der Waals surface area contributed by atoms with E-state index in [1.54, 1.807) is 0 Å². The van der Waals surface area contributed by atoms with E-state index in [1.807, 2.05) is 12.1 Å². The second-order valence-corrected chi connectivity index (χ2v) is 8.00. The van der Waals surface area contributed by atoms with Crippen LogP contribution in [0.3, 0.4) is 0 Å². The summed E-state index contributed by atoms with van der Waals surface area (Å²) in [5.41, 5.74) is 2.93. The Bertz CT molecular complexity index is 865. The van der Waals surface area contributed by atoms with E-state index < -0.39 is 5.60 Å². The number of nitrogens with one attached hydrogen (secondary N) is 1. The van der Waals surface area contributed by atoms with Crippen LogP contribution in [-0.2, 0) is 6.42 Å². The Labute approximate surface area is 168 Å². The minimum absolute atomic E-state index is 0.124. The van der Waals surface area contributed by atoms with E-state index in [-0.39, 0.29) is 18.0 Å². The highest BCUT2D eigenvalue weighted by atomic mass is 16.3. The minimum atomic E-state index is -0.762. The average Bonchev–Trinajstić information content (AvgIpc) is 2.75.